The highest BCUT2D eigenvalue weighted by atomic mass is 32.2. The molecule has 0 aromatic carbocycles. The summed E-state index contributed by atoms with van der Waals surface area (Å²) in [6, 6.07) is 0. The Labute approximate surface area is 143 Å². The van der Waals surface area contributed by atoms with Gasteiger partial charge in [0.15, 0.2) is 0 Å². The van der Waals surface area contributed by atoms with E-state index in [0.717, 1.165) is 32.3 Å². The maximum atomic E-state index is 11.7. The average molecular weight is 346 g/mol. The molecule has 0 aliphatic rings. The normalized spacial score (nSPS) is 10.3. The Morgan fingerprint density at radius 1 is 0.957 bits per heavy atom. The van der Waals surface area contributed by atoms with E-state index >= 15 is 0 Å². The number of carbonyl (C=O) groups is 3. The second-order valence-electron chi connectivity index (χ2n) is 5.27. The van der Waals surface area contributed by atoms with Gasteiger partial charge < -0.3 is 15.4 Å². The van der Waals surface area contributed by atoms with Crippen molar-refractivity contribution in [3.63, 3.8) is 0 Å². The van der Waals surface area contributed by atoms with E-state index in [-0.39, 0.29) is 24.0 Å². The Bertz CT molecular complexity index is 351. The monoisotopic (exact) mass is 346 g/mol. The molecule has 0 unspecified atom stereocenters. The lowest BCUT2D eigenvalue weighted by molar-refractivity contribution is -0.121. The highest BCUT2D eigenvalue weighted by molar-refractivity contribution is 7.99. The fourth-order valence-electron chi connectivity index (χ4n) is 1.89. The minimum Gasteiger partial charge on any atom is -0.385 e. The fourth-order valence-corrected chi connectivity index (χ4v) is 2.69. The van der Waals surface area contributed by atoms with Crippen LogP contribution >= 0.6 is 11.8 Å². The zero-order valence-electron chi connectivity index (χ0n) is 14.3. The van der Waals surface area contributed by atoms with Gasteiger partial charge in [-0.1, -0.05) is 12.8 Å². The molecule has 0 bridgehead atoms. The van der Waals surface area contributed by atoms with Crippen LogP contribution < -0.4 is 10.6 Å². The molecule has 2 N–H and O–H groups in total. The molecule has 0 aliphatic heterocycles. The molecule has 134 valence electrons. The number of hydrogen-bond acceptors (Lipinski definition) is 5. The van der Waals surface area contributed by atoms with Crippen molar-refractivity contribution < 1.29 is 19.1 Å². The van der Waals surface area contributed by atoms with Gasteiger partial charge in [0.25, 0.3) is 0 Å². The zero-order valence-corrected chi connectivity index (χ0v) is 15.1. The first-order valence-corrected chi connectivity index (χ1v) is 9.31. The second kappa shape index (κ2) is 15.8. The predicted octanol–water partition coefficient (Wildman–Crippen LogP) is 1.53. The summed E-state index contributed by atoms with van der Waals surface area (Å²) in [6.07, 6.45) is 5.60. The van der Waals surface area contributed by atoms with Crippen molar-refractivity contribution in [1.29, 1.82) is 0 Å². The van der Waals surface area contributed by atoms with Gasteiger partial charge in [0.1, 0.15) is 5.78 Å². The maximum absolute atomic E-state index is 11.7. The Morgan fingerprint density at radius 2 is 1.70 bits per heavy atom. The average Bonchev–Trinajstić information content (AvgIpc) is 2.54. The number of rotatable bonds is 15. The van der Waals surface area contributed by atoms with Gasteiger partial charge in [-0.05, 0) is 12.8 Å². The van der Waals surface area contributed by atoms with E-state index in [1.165, 1.54) is 11.8 Å². The smallest absolute Gasteiger partial charge is 0.230 e. The molecule has 0 aliphatic carbocycles. The number of ether oxygens (including phenoxy) is 1. The molecule has 0 heterocycles. The van der Waals surface area contributed by atoms with Gasteiger partial charge in [0.2, 0.25) is 11.8 Å². The van der Waals surface area contributed by atoms with Crippen LogP contribution in [0.3, 0.4) is 0 Å². The Kier molecular flexibility index (Phi) is 15.1. The van der Waals surface area contributed by atoms with Crippen LogP contribution in [0.25, 0.3) is 0 Å². The van der Waals surface area contributed by atoms with E-state index < -0.39 is 0 Å². The van der Waals surface area contributed by atoms with Crippen LogP contribution in [-0.4, -0.2) is 56.4 Å². The predicted molar refractivity (Wildman–Crippen MR) is 93.6 cm³/mol. The molecule has 0 fully saturated rings. The van der Waals surface area contributed by atoms with Gasteiger partial charge in [-0.2, -0.15) is 11.8 Å². The third-order valence-corrected chi connectivity index (χ3v) is 4.22. The lowest BCUT2D eigenvalue weighted by Crippen LogP contribution is -2.30. The van der Waals surface area contributed by atoms with E-state index in [1.54, 1.807) is 14.2 Å². The summed E-state index contributed by atoms with van der Waals surface area (Å²) in [7, 11) is 3.26. The van der Waals surface area contributed by atoms with Crippen LogP contribution in [0.1, 0.15) is 44.9 Å². The minimum absolute atomic E-state index is 0.0919. The molecule has 0 spiro atoms. The molecular weight excluding hydrogens is 316 g/mol. The van der Waals surface area contributed by atoms with Crippen LogP contribution in [0.4, 0.5) is 0 Å². The number of carbonyl (C=O) groups excluding carboxylic acids is 3. The number of unbranched alkanes of at least 4 members (excludes halogenated alkanes) is 3. The third kappa shape index (κ3) is 15.6. The number of methoxy groups -OCH3 is 1. The summed E-state index contributed by atoms with van der Waals surface area (Å²) in [5.74, 6) is 1.09. The van der Waals surface area contributed by atoms with Crippen molar-refractivity contribution in [2.75, 3.05) is 38.8 Å². The molecule has 0 radical (unpaired) electrons. The molecule has 0 aromatic rings. The highest BCUT2D eigenvalue weighted by Crippen LogP contribution is 2.08. The Balaban J connectivity index is 3.40. The zero-order chi connectivity index (χ0) is 17.3. The van der Waals surface area contributed by atoms with Gasteiger partial charge in [-0.15, -0.1) is 0 Å². The van der Waals surface area contributed by atoms with Crippen molar-refractivity contribution in [1.82, 2.24) is 10.6 Å². The van der Waals surface area contributed by atoms with Gasteiger partial charge >= 0.3 is 0 Å². The topological polar surface area (TPSA) is 84.5 Å². The second-order valence-corrected chi connectivity index (χ2v) is 6.38. The third-order valence-electron chi connectivity index (χ3n) is 3.27. The number of ketones is 1. The first-order valence-electron chi connectivity index (χ1n) is 8.15. The van der Waals surface area contributed by atoms with Crippen molar-refractivity contribution in [2.24, 2.45) is 0 Å². The van der Waals surface area contributed by atoms with Crippen molar-refractivity contribution in [2.45, 2.75) is 44.9 Å². The van der Waals surface area contributed by atoms with Crippen LogP contribution in [0.2, 0.25) is 0 Å². The van der Waals surface area contributed by atoms with E-state index in [9.17, 15) is 14.4 Å². The first kappa shape index (κ1) is 21.9. The summed E-state index contributed by atoms with van der Waals surface area (Å²) in [5, 5.41) is 5.17. The summed E-state index contributed by atoms with van der Waals surface area (Å²) < 4.78 is 4.97. The number of hydrogen-bond donors (Lipinski definition) is 2. The van der Waals surface area contributed by atoms with E-state index in [1.807, 2.05) is 0 Å². The van der Waals surface area contributed by atoms with Gasteiger partial charge in [0, 0.05) is 52.3 Å². The lowest BCUT2D eigenvalue weighted by atomic mass is 10.1. The Morgan fingerprint density at radius 3 is 2.39 bits per heavy atom. The fraction of sp³-hybridized carbons (Fsp3) is 0.812. The van der Waals surface area contributed by atoms with Crippen molar-refractivity contribution >= 4 is 29.4 Å². The molecule has 2 amide bonds. The molecule has 7 heteroatoms. The van der Waals surface area contributed by atoms with Crippen LogP contribution in [0.5, 0.6) is 0 Å². The summed E-state index contributed by atoms with van der Waals surface area (Å²) in [5.41, 5.74) is 0. The summed E-state index contributed by atoms with van der Waals surface area (Å²) in [4.78, 5) is 34.1. The van der Waals surface area contributed by atoms with Crippen molar-refractivity contribution in [3.8, 4) is 0 Å². The van der Waals surface area contributed by atoms with Gasteiger partial charge in [-0.3, -0.25) is 14.4 Å². The number of thioether (sulfide) groups is 1. The van der Waals surface area contributed by atoms with Crippen LogP contribution in [0, 0.1) is 0 Å². The first-order chi connectivity index (χ1) is 11.1. The maximum Gasteiger partial charge on any atom is 0.230 e. The molecule has 6 nitrogen and oxygen atoms in total. The molecular formula is C16H30N2O4S. The SMILES string of the molecule is CNC(=O)CCNC(=O)CSCCC(=O)CCCCCCOC. The highest BCUT2D eigenvalue weighted by Gasteiger charge is 2.05. The molecule has 0 saturated carbocycles. The minimum atomic E-state index is -0.0931. The largest absolute Gasteiger partial charge is 0.385 e. The van der Waals surface area contributed by atoms with E-state index in [0.29, 0.717) is 30.9 Å². The molecule has 0 atom stereocenters. The molecule has 0 saturated heterocycles. The standard InChI is InChI=1S/C16H30N2O4S/c1-17-15(20)8-10-18-16(21)13-23-12-9-14(19)7-5-3-4-6-11-22-2/h3-13H2,1-2H3,(H,17,20)(H,18,21). The lowest BCUT2D eigenvalue weighted by Gasteiger charge is -2.05. The summed E-state index contributed by atoms with van der Waals surface area (Å²) >= 11 is 1.45. The van der Waals surface area contributed by atoms with Gasteiger partial charge in [0.05, 0.1) is 5.75 Å². The Hall–Kier alpha value is -1.08. The van der Waals surface area contributed by atoms with E-state index in [2.05, 4.69) is 10.6 Å². The van der Waals surface area contributed by atoms with E-state index in [4.69, 9.17) is 4.74 Å². The van der Waals surface area contributed by atoms with Gasteiger partial charge in [-0.25, -0.2) is 0 Å². The molecule has 0 aromatic heterocycles. The van der Waals surface area contributed by atoms with Crippen molar-refractivity contribution in [3.05, 3.63) is 0 Å². The quantitative estimate of drug-likeness (QED) is 0.439. The van der Waals surface area contributed by atoms with Crippen LogP contribution in [-0.2, 0) is 19.1 Å². The number of nitrogens with one attached hydrogen (secondary N) is 2. The summed E-state index contributed by atoms with van der Waals surface area (Å²) in [6.45, 7) is 1.14. The number of Topliss-reactive ketones (excluding diaryl/α,β-unsaturated/α-hetero) is 1. The molecule has 23 heavy (non-hydrogen) atoms. The molecule has 0 rings (SSSR count). The van der Waals surface area contributed by atoms with Crippen LogP contribution in [0.15, 0.2) is 0 Å². The number of amides is 2.